The van der Waals surface area contributed by atoms with E-state index in [1.54, 1.807) is 12.1 Å². The van der Waals surface area contributed by atoms with Crippen LogP contribution in [0.4, 0.5) is 0 Å². The van der Waals surface area contributed by atoms with Gasteiger partial charge in [0.25, 0.3) is 0 Å². The van der Waals surface area contributed by atoms with E-state index in [1.807, 2.05) is 18.2 Å². The van der Waals surface area contributed by atoms with Gasteiger partial charge in [0.15, 0.2) is 0 Å². The zero-order valence-electron chi connectivity index (χ0n) is 10.0. The lowest BCUT2D eigenvalue weighted by atomic mass is 9.95. The maximum absolute atomic E-state index is 11.4. The van der Waals surface area contributed by atoms with Gasteiger partial charge in [-0.15, -0.1) is 6.58 Å². The maximum atomic E-state index is 11.4. The molecule has 0 radical (unpaired) electrons. The Kier molecular flexibility index (Phi) is 5.96. The van der Waals surface area contributed by atoms with Crippen LogP contribution in [0.3, 0.4) is 0 Å². The topological polar surface area (TPSA) is 52.9 Å². The van der Waals surface area contributed by atoms with Gasteiger partial charge in [0.1, 0.15) is 0 Å². The minimum atomic E-state index is -0.354. The normalized spacial score (nSPS) is 11.3. The lowest BCUT2D eigenvalue weighted by Gasteiger charge is -2.10. The van der Waals surface area contributed by atoms with Crippen molar-refractivity contribution in [2.45, 2.75) is 18.8 Å². The molecular weight excluding hydrogens is 248 g/mol. The van der Waals surface area contributed by atoms with Crippen LogP contribution in [0, 0.1) is 11.3 Å². The fraction of sp³-hybridized carbons (Fsp3) is 0.286. The number of nitrogens with one attached hydrogen (secondary N) is 1. The summed E-state index contributed by atoms with van der Waals surface area (Å²) in [5.74, 6) is -0.435. The van der Waals surface area contributed by atoms with Crippen LogP contribution in [-0.4, -0.2) is 12.5 Å². The maximum Gasteiger partial charge on any atom is 0.220 e. The van der Waals surface area contributed by atoms with E-state index in [4.69, 9.17) is 16.9 Å². The monoisotopic (exact) mass is 262 g/mol. The molecule has 1 N–H and O–H groups in total. The molecule has 0 aliphatic rings. The molecule has 0 fully saturated rings. The van der Waals surface area contributed by atoms with E-state index in [1.165, 1.54) is 0 Å². The van der Waals surface area contributed by atoms with Crippen molar-refractivity contribution in [1.29, 1.82) is 5.26 Å². The Labute approximate surface area is 112 Å². The summed E-state index contributed by atoms with van der Waals surface area (Å²) in [5, 5.41) is 12.4. The van der Waals surface area contributed by atoms with Gasteiger partial charge >= 0.3 is 0 Å². The van der Waals surface area contributed by atoms with Gasteiger partial charge in [0, 0.05) is 18.0 Å². The second-order valence-electron chi connectivity index (χ2n) is 3.83. The molecule has 1 unspecified atom stereocenters. The fourth-order valence-electron chi connectivity index (χ4n) is 1.60. The van der Waals surface area contributed by atoms with Crippen molar-refractivity contribution in [3.63, 3.8) is 0 Å². The van der Waals surface area contributed by atoms with Gasteiger partial charge in [-0.05, 0) is 18.1 Å². The highest BCUT2D eigenvalue weighted by Gasteiger charge is 2.15. The molecule has 1 rings (SSSR count). The molecule has 0 aromatic heterocycles. The lowest BCUT2D eigenvalue weighted by molar-refractivity contribution is -0.121. The molecule has 0 aliphatic carbocycles. The zero-order valence-corrected chi connectivity index (χ0v) is 10.8. The fourth-order valence-corrected chi connectivity index (χ4v) is 1.86. The molecule has 0 bridgehead atoms. The molecule has 1 atom stereocenters. The first-order chi connectivity index (χ1) is 8.69. The van der Waals surface area contributed by atoms with E-state index in [0.29, 0.717) is 24.4 Å². The lowest BCUT2D eigenvalue weighted by Crippen LogP contribution is -2.23. The largest absolute Gasteiger partial charge is 0.353 e. The van der Waals surface area contributed by atoms with Crippen molar-refractivity contribution in [3.8, 4) is 6.07 Å². The van der Waals surface area contributed by atoms with Crippen molar-refractivity contribution >= 4 is 17.5 Å². The molecule has 94 valence electrons. The van der Waals surface area contributed by atoms with Gasteiger partial charge in [-0.3, -0.25) is 4.79 Å². The Balaban J connectivity index is 2.59. The highest BCUT2D eigenvalue weighted by Crippen LogP contribution is 2.27. The molecule has 1 aromatic rings. The summed E-state index contributed by atoms with van der Waals surface area (Å²) in [7, 11) is 0. The average Bonchev–Trinajstić information content (AvgIpc) is 2.39. The van der Waals surface area contributed by atoms with Gasteiger partial charge < -0.3 is 5.32 Å². The number of rotatable bonds is 6. The number of benzene rings is 1. The van der Waals surface area contributed by atoms with Crippen LogP contribution in [0.1, 0.15) is 24.3 Å². The van der Waals surface area contributed by atoms with Crippen LogP contribution in [0.15, 0.2) is 36.9 Å². The third kappa shape index (κ3) is 4.23. The Bertz CT molecular complexity index is 465. The smallest absolute Gasteiger partial charge is 0.220 e. The predicted octanol–water partition coefficient (Wildman–Crippen LogP) is 3.03. The molecular formula is C14H15ClN2O. The minimum absolute atomic E-state index is 0.0813. The first kappa shape index (κ1) is 14.3. The molecule has 1 amide bonds. The summed E-state index contributed by atoms with van der Waals surface area (Å²) in [6, 6.07) is 9.41. The Morgan fingerprint density at radius 1 is 1.56 bits per heavy atom. The van der Waals surface area contributed by atoms with E-state index in [2.05, 4.69) is 18.0 Å². The van der Waals surface area contributed by atoms with Gasteiger partial charge in [-0.25, -0.2) is 0 Å². The molecule has 0 saturated carbocycles. The Morgan fingerprint density at radius 2 is 2.28 bits per heavy atom. The number of hydrogen-bond acceptors (Lipinski definition) is 2. The molecule has 4 heteroatoms. The zero-order chi connectivity index (χ0) is 13.4. The first-order valence-electron chi connectivity index (χ1n) is 5.70. The van der Waals surface area contributed by atoms with Crippen molar-refractivity contribution in [1.82, 2.24) is 5.32 Å². The summed E-state index contributed by atoms with van der Waals surface area (Å²) < 4.78 is 0. The third-order valence-electron chi connectivity index (χ3n) is 2.54. The van der Waals surface area contributed by atoms with E-state index in [-0.39, 0.29) is 11.8 Å². The second kappa shape index (κ2) is 7.52. The van der Waals surface area contributed by atoms with Crippen molar-refractivity contribution in [3.05, 3.63) is 47.5 Å². The number of amides is 1. The second-order valence-corrected chi connectivity index (χ2v) is 4.24. The number of carbonyl (C=O) groups is 1. The third-order valence-corrected chi connectivity index (χ3v) is 2.88. The standard InChI is InChI=1S/C14H15ClN2O/c1-2-9-17-14(18)8-7-11(10-16)12-5-3-4-6-13(12)15/h2-6,11H,1,7-9H2,(H,17,18). The predicted molar refractivity (Wildman–Crippen MR) is 72.2 cm³/mol. The quantitative estimate of drug-likeness (QED) is 0.801. The number of nitrogens with zero attached hydrogens (tertiary/aromatic N) is 1. The summed E-state index contributed by atoms with van der Waals surface area (Å²) >= 11 is 6.03. The summed E-state index contributed by atoms with van der Waals surface area (Å²) in [6.07, 6.45) is 2.38. The van der Waals surface area contributed by atoms with Crippen LogP contribution in [-0.2, 0) is 4.79 Å². The van der Waals surface area contributed by atoms with Crippen LogP contribution in [0.2, 0.25) is 5.02 Å². The molecule has 1 aromatic carbocycles. The van der Waals surface area contributed by atoms with Crippen LogP contribution < -0.4 is 5.32 Å². The van der Waals surface area contributed by atoms with Gasteiger partial charge in [0.2, 0.25) is 5.91 Å². The van der Waals surface area contributed by atoms with Gasteiger partial charge in [-0.1, -0.05) is 35.9 Å². The SMILES string of the molecule is C=CCNC(=O)CCC(C#N)c1ccccc1Cl. The highest BCUT2D eigenvalue weighted by molar-refractivity contribution is 6.31. The number of hydrogen-bond donors (Lipinski definition) is 1. The number of nitriles is 1. The molecule has 3 nitrogen and oxygen atoms in total. The van der Waals surface area contributed by atoms with Gasteiger partial charge in [0.05, 0.1) is 12.0 Å². The van der Waals surface area contributed by atoms with Crippen molar-refractivity contribution in [2.24, 2.45) is 0 Å². The first-order valence-corrected chi connectivity index (χ1v) is 6.08. The van der Waals surface area contributed by atoms with E-state index < -0.39 is 0 Å². The van der Waals surface area contributed by atoms with Crippen LogP contribution >= 0.6 is 11.6 Å². The molecule has 0 aliphatic heterocycles. The number of halogens is 1. The Hall–Kier alpha value is -1.79. The van der Waals surface area contributed by atoms with Crippen LogP contribution in [0.5, 0.6) is 0 Å². The van der Waals surface area contributed by atoms with E-state index >= 15 is 0 Å². The van der Waals surface area contributed by atoms with E-state index in [9.17, 15) is 4.79 Å². The van der Waals surface area contributed by atoms with Crippen molar-refractivity contribution < 1.29 is 4.79 Å². The number of carbonyl (C=O) groups excluding carboxylic acids is 1. The average molecular weight is 263 g/mol. The molecule has 0 heterocycles. The molecule has 0 spiro atoms. The Morgan fingerprint density at radius 3 is 2.89 bits per heavy atom. The summed E-state index contributed by atoms with van der Waals surface area (Å²) in [4.78, 5) is 11.4. The van der Waals surface area contributed by atoms with Crippen LogP contribution in [0.25, 0.3) is 0 Å². The molecule has 18 heavy (non-hydrogen) atoms. The van der Waals surface area contributed by atoms with Gasteiger partial charge in [-0.2, -0.15) is 5.26 Å². The summed E-state index contributed by atoms with van der Waals surface area (Å²) in [5.41, 5.74) is 0.776. The minimum Gasteiger partial charge on any atom is -0.353 e. The summed E-state index contributed by atoms with van der Waals surface area (Å²) in [6.45, 7) is 3.97. The van der Waals surface area contributed by atoms with E-state index in [0.717, 1.165) is 5.56 Å². The van der Waals surface area contributed by atoms with Crippen molar-refractivity contribution in [2.75, 3.05) is 6.54 Å². The molecule has 0 saturated heterocycles. The highest BCUT2D eigenvalue weighted by atomic mass is 35.5.